The fourth-order valence-corrected chi connectivity index (χ4v) is 1.57. The van der Waals surface area contributed by atoms with Crippen LogP contribution in [0.3, 0.4) is 0 Å². The van der Waals surface area contributed by atoms with Crippen molar-refractivity contribution in [1.82, 2.24) is 5.32 Å². The lowest BCUT2D eigenvalue weighted by atomic mass is 10.1. The summed E-state index contributed by atoms with van der Waals surface area (Å²) in [6.45, 7) is 7.54. The van der Waals surface area contributed by atoms with Gasteiger partial charge in [-0.05, 0) is 31.5 Å². The Bertz CT molecular complexity index is 284. The van der Waals surface area contributed by atoms with Crippen molar-refractivity contribution in [2.75, 3.05) is 13.2 Å². The Balaban J connectivity index is 2.34. The molecule has 2 nitrogen and oxygen atoms in total. The van der Waals surface area contributed by atoms with E-state index in [1.54, 1.807) is 0 Å². The Labute approximate surface area is 98.3 Å². The Morgan fingerprint density at radius 3 is 2.75 bits per heavy atom. The summed E-state index contributed by atoms with van der Waals surface area (Å²) < 4.78 is 5.72. The van der Waals surface area contributed by atoms with Gasteiger partial charge in [-0.25, -0.2) is 0 Å². The molecule has 0 spiro atoms. The molecule has 1 aromatic rings. The quantitative estimate of drug-likeness (QED) is 0.679. The van der Waals surface area contributed by atoms with E-state index in [1.807, 2.05) is 36.4 Å². The summed E-state index contributed by atoms with van der Waals surface area (Å²) >= 11 is 0. The minimum absolute atomic E-state index is 0.406. The van der Waals surface area contributed by atoms with E-state index in [0.717, 1.165) is 25.1 Å². The van der Waals surface area contributed by atoms with Gasteiger partial charge in [-0.15, -0.1) is 6.58 Å². The van der Waals surface area contributed by atoms with Crippen molar-refractivity contribution in [2.45, 2.75) is 25.8 Å². The van der Waals surface area contributed by atoms with E-state index in [0.29, 0.717) is 12.6 Å². The summed E-state index contributed by atoms with van der Waals surface area (Å²) in [6, 6.07) is 10.3. The third-order valence-electron chi connectivity index (χ3n) is 2.41. The molecule has 88 valence electrons. The normalized spacial score (nSPS) is 12.1. The molecule has 1 N–H and O–H groups in total. The number of hydrogen-bond donors (Lipinski definition) is 1. The largest absolute Gasteiger partial charge is 0.492 e. The second-order valence-corrected chi connectivity index (χ2v) is 3.74. The highest BCUT2D eigenvalue weighted by atomic mass is 16.5. The summed E-state index contributed by atoms with van der Waals surface area (Å²) in [4.78, 5) is 0. The van der Waals surface area contributed by atoms with Crippen molar-refractivity contribution < 1.29 is 4.74 Å². The van der Waals surface area contributed by atoms with Crippen molar-refractivity contribution >= 4 is 0 Å². The van der Waals surface area contributed by atoms with Gasteiger partial charge in [0.05, 0.1) is 0 Å². The predicted molar refractivity (Wildman–Crippen MR) is 68.8 cm³/mol. The molecule has 1 unspecified atom stereocenters. The molecule has 0 aliphatic carbocycles. The van der Waals surface area contributed by atoms with Crippen LogP contribution in [0.2, 0.25) is 0 Å². The molecule has 16 heavy (non-hydrogen) atoms. The molecule has 0 radical (unpaired) electrons. The van der Waals surface area contributed by atoms with E-state index in [2.05, 4.69) is 18.8 Å². The highest BCUT2D eigenvalue weighted by molar-refractivity contribution is 5.20. The average Bonchev–Trinajstić information content (AvgIpc) is 2.34. The fourth-order valence-electron chi connectivity index (χ4n) is 1.57. The Kier molecular flexibility index (Phi) is 6.35. The third kappa shape index (κ3) is 4.99. The van der Waals surface area contributed by atoms with Gasteiger partial charge in [-0.3, -0.25) is 0 Å². The van der Waals surface area contributed by atoms with Gasteiger partial charge in [-0.1, -0.05) is 31.2 Å². The van der Waals surface area contributed by atoms with Crippen LogP contribution in [0.1, 0.15) is 19.8 Å². The van der Waals surface area contributed by atoms with E-state index in [-0.39, 0.29) is 0 Å². The zero-order chi connectivity index (χ0) is 11.6. The van der Waals surface area contributed by atoms with Gasteiger partial charge in [0.1, 0.15) is 12.4 Å². The summed E-state index contributed by atoms with van der Waals surface area (Å²) in [6.07, 6.45) is 4.05. The van der Waals surface area contributed by atoms with Gasteiger partial charge in [0, 0.05) is 6.04 Å². The number of para-hydroxylation sites is 1. The van der Waals surface area contributed by atoms with Crippen LogP contribution < -0.4 is 10.1 Å². The molecule has 0 amide bonds. The maximum atomic E-state index is 5.72. The first-order valence-electron chi connectivity index (χ1n) is 5.89. The van der Waals surface area contributed by atoms with Crippen LogP contribution in [-0.2, 0) is 0 Å². The molecule has 0 fully saturated rings. The van der Waals surface area contributed by atoms with E-state index < -0.39 is 0 Å². The van der Waals surface area contributed by atoms with Gasteiger partial charge >= 0.3 is 0 Å². The van der Waals surface area contributed by atoms with E-state index >= 15 is 0 Å². The van der Waals surface area contributed by atoms with Crippen LogP contribution >= 0.6 is 0 Å². The SMILES string of the molecule is C=CCCC(COc1ccccc1)NCC. The average molecular weight is 219 g/mol. The molecule has 0 bridgehead atoms. The first-order chi connectivity index (χ1) is 7.86. The molecule has 0 aliphatic heterocycles. The van der Waals surface area contributed by atoms with Gasteiger partial charge in [0.25, 0.3) is 0 Å². The van der Waals surface area contributed by atoms with Crippen LogP contribution in [0, 0.1) is 0 Å². The Hall–Kier alpha value is -1.28. The molecule has 0 aromatic heterocycles. The summed E-state index contributed by atoms with van der Waals surface area (Å²) in [5, 5.41) is 3.41. The number of rotatable bonds is 8. The highest BCUT2D eigenvalue weighted by Crippen LogP contribution is 2.09. The molecule has 2 heteroatoms. The van der Waals surface area contributed by atoms with Crippen LogP contribution in [0.5, 0.6) is 5.75 Å². The summed E-state index contributed by atoms with van der Waals surface area (Å²) in [5.41, 5.74) is 0. The van der Waals surface area contributed by atoms with Crippen molar-refractivity contribution in [3.05, 3.63) is 43.0 Å². The lowest BCUT2D eigenvalue weighted by molar-refractivity contribution is 0.259. The predicted octanol–water partition coefficient (Wildman–Crippen LogP) is 3.01. The first-order valence-corrected chi connectivity index (χ1v) is 5.89. The second-order valence-electron chi connectivity index (χ2n) is 3.74. The van der Waals surface area contributed by atoms with Gasteiger partial charge in [-0.2, -0.15) is 0 Å². The van der Waals surface area contributed by atoms with Gasteiger partial charge in [0.15, 0.2) is 0 Å². The first kappa shape index (κ1) is 12.8. The monoisotopic (exact) mass is 219 g/mol. The van der Waals surface area contributed by atoms with E-state index in [4.69, 9.17) is 4.74 Å². The molecule has 0 saturated carbocycles. The maximum Gasteiger partial charge on any atom is 0.119 e. The third-order valence-corrected chi connectivity index (χ3v) is 2.41. The molecule has 1 aromatic carbocycles. The van der Waals surface area contributed by atoms with E-state index in [1.165, 1.54) is 0 Å². The van der Waals surface area contributed by atoms with Gasteiger partial charge in [0.2, 0.25) is 0 Å². The van der Waals surface area contributed by atoms with Crippen LogP contribution in [0.4, 0.5) is 0 Å². The smallest absolute Gasteiger partial charge is 0.119 e. The van der Waals surface area contributed by atoms with Gasteiger partial charge < -0.3 is 10.1 Å². The van der Waals surface area contributed by atoms with Crippen LogP contribution in [-0.4, -0.2) is 19.2 Å². The number of ether oxygens (including phenoxy) is 1. The van der Waals surface area contributed by atoms with E-state index in [9.17, 15) is 0 Å². The second kappa shape index (κ2) is 7.94. The number of nitrogens with one attached hydrogen (secondary N) is 1. The Morgan fingerprint density at radius 2 is 2.12 bits per heavy atom. The molecule has 1 atom stereocenters. The molecular weight excluding hydrogens is 198 g/mol. The lowest BCUT2D eigenvalue weighted by Crippen LogP contribution is -2.34. The summed E-state index contributed by atoms with van der Waals surface area (Å²) in [7, 11) is 0. The molecule has 1 rings (SSSR count). The topological polar surface area (TPSA) is 21.3 Å². The highest BCUT2D eigenvalue weighted by Gasteiger charge is 2.06. The molecular formula is C14H21NO. The number of allylic oxidation sites excluding steroid dienone is 1. The summed E-state index contributed by atoms with van der Waals surface area (Å²) in [5.74, 6) is 0.934. The number of likely N-dealkylation sites (N-methyl/N-ethyl adjacent to an activating group) is 1. The molecule has 0 saturated heterocycles. The van der Waals surface area contributed by atoms with Crippen molar-refractivity contribution in [2.24, 2.45) is 0 Å². The number of hydrogen-bond acceptors (Lipinski definition) is 2. The number of benzene rings is 1. The fraction of sp³-hybridized carbons (Fsp3) is 0.429. The standard InChI is InChI=1S/C14H21NO/c1-3-5-9-13(15-4-2)12-16-14-10-7-6-8-11-14/h3,6-8,10-11,13,15H,1,4-5,9,12H2,2H3. The zero-order valence-electron chi connectivity index (χ0n) is 9.99. The van der Waals surface area contributed by atoms with Crippen molar-refractivity contribution in [3.8, 4) is 5.75 Å². The van der Waals surface area contributed by atoms with Crippen molar-refractivity contribution in [1.29, 1.82) is 0 Å². The van der Waals surface area contributed by atoms with Crippen molar-refractivity contribution in [3.63, 3.8) is 0 Å². The minimum Gasteiger partial charge on any atom is -0.492 e. The molecule has 0 heterocycles. The van der Waals surface area contributed by atoms with Crippen LogP contribution in [0.15, 0.2) is 43.0 Å². The molecule has 0 aliphatic rings. The zero-order valence-corrected chi connectivity index (χ0v) is 9.99. The van der Waals surface area contributed by atoms with Crippen LogP contribution in [0.25, 0.3) is 0 Å². The maximum absolute atomic E-state index is 5.72. The Morgan fingerprint density at radius 1 is 1.38 bits per heavy atom. The lowest BCUT2D eigenvalue weighted by Gasteiger charge is -2.17. The minimum atomic E-state index is 0.406.